The van der Waals surface area contributed by atoms with Crippen LogP contribution in [0.1, 0.15) is 13.3 Å². The highest BCUT2D eigenvalue weighted by Gasteiger charge is 2.30. The quantitative estimate of drug-likeness (QED) is 0.916. The van der Waals surface area contributed by atoms with Crippen LogP contribution in [-0.4, -0.2) is 33.7 Å². The van der Waals surface area contributed by atoms with Gasteiger partial charge in [0.25, 0.3) is 0 Å². The van der Waals surface area contributed by atoms with E-state index in [0.717, 1.165) is 35.6 Å². The highest BCUT2D eigenvalue weighted by molar-refractivity contribution is 9.10. The summed E-state index contributed by atoms with van der Waals surface area (Å²) in [4.78, 5) is 6.85. The first-order valence-corrected chi connectivity index (χ1v) is 6.96. The minimum atomic E-state index is 0.453. The standard InChI is InChI=1S/C12H16BrN5/c1-8-5-9(6-14)7-17(8)12-15-11-10(13)3-2-4-18(11)16-12/h2-4,8-9H,5-7,14H2,1H3. The van der Waals surface area contributed by atoms with Crippen molar-refractivity contribution in [3.8, 4) is 0 Å². The predicted octanol–water partition coefficient (Wildman–Crippen LogP) is 1.67. The Morgan fingerprint density at radius 1 is 1.56 bits per heavy atom. The van der Waals surface area contributed by atoms with Crippen LogP contribution in [-0.2, 0) is 0 Å². The number of hydrogen-bond acceptors (Lipinski definition) is 4. The van der Waals surface area contributed by atoms with Gasteiger partial charge >= 0.3 is 0 Å². The van der Waals surface area contributed by atoms with Gasteiger partial charge in [0.2, 0.25) is 5.95 Å². The van der Waals surface area contributed by atoms with Crippen molar-refractivity contribution in [2.24, 2.45) is 11.7 Å². The molecule has 18 heavy (non-hydrogen) atoms. The smallest absolute Gasteiger partial charge is 0.245 e. The Balaban J connectivity index is 1.97. The van der Waals surface area contributed by atoms with Gasteiger partial charge in [0.15, 0.2) is 5.65 Å². The lowest BCUT2D eigenvalue weighted by atomic mass is 10.1. The lowest BCUT2D eigenvalue weighted by Crippen LogP contribution is -2.28. The van der Waals surface area contributed by atoms with E-state index in [9.17, 15) is 0 Å². The van der Waals surface area contributed by atoms with Crippen molar-refractivity contribution < 1.29 is 0 Å². The van der Waals surface area contributed by atoms with Crippen LogP contribution in [0, 0.1) is 5.92 Å². The van der Waals surface area contributed by atoms with E-state index < -0.39 is 0 Å². The molecule has 96 valence electrons. The summed E-state index contributed by atoms with van der Waals surface area (Å²) >= 11 is 3.50. The van der Waals surface area contributed by atoms with E-state index in [2.05, 4.69) is 37.8 Å². The molecule has 0 saturated carbocycles. The number of hydrogen-bond donors (Lipinski definition) is 1. The van der Waals surface area contributed by atoms with Crippen LogP contribution >= 0.6 is 15.9 Å². The Bertz CT molecular complexity index is 567. The molecule has 0 bridgehead atoms. The highest BCUT2D eigenvalue weighted by atomic mass is 79.9. The zero-order valence-electron chi connectivity index (χ0n) is 10.3. The predicted molar refractivity (Wildman–Crippen MR) is 74.7 cm³/mol. The SMILES string of the molecule is CC1CC(CN)CN1c1nc2c(Br)cccn2n1. The number of nitrogens with two attached hydrogens (primary N) is 1. The van der Waals surface area contributed by atoms with Crippen molar-refractivity contribution in [2.75, 3.05) is 18.0 Å². The molecule has 0 radical (unpaired) electrons. The molecule has 2 N–H and O–H groups in total. The Labute approximate surface area is 114 Å². The molecular formula is C12H16BrN5. The molecule has 1 aliphatic heterocycles. The van der Waals surface area contributed by atoms with Gasteiger partial charge in [-0.2, -0.15) is 4.98 Å². The monoisotopic (exact) mass is 309 g/mol. The molecule has 5 nitrogen and oxygen atoms in total. The Morgan fingerprint density at radius 2 is 2.39 bits per heavy atom. The van der Waals surface area contributed by atoms with Crippen molar-refractivity contribution in [1.29, 1.82) is 0 Å². The van der Waals surface area contributed by atoms with Crippen LogP contribution in [0.2, 0.25) is 0 Å². The number of rotatable bonds is 2. The number of pyridine rings is 1. The first-order valence-electron chi connectivity index (χ1n) is 6.16. The van der Waals surface area contributed by atoms with E-state index in [1.807, 2.05) is 22.8 Å². The van der Waals surface area contributed by atoms with Gasteiger partial charge < -0.3 is 10.6 Å². The average Bonchev–Trinajstić information content (AvgIpc) is 2.93. The van der Waals surface area contributed by atoms with Crippen LogP contribution in [0.4, 0.5) is 5.95 Å². The minimum Gasteiger partial charge on any atom is -0.336 e. The largest absolute Gasteiger partial charge is 0.336 e. The average molecular weight is 310 g/mol. The topological polar surface area (TPSA) is 59.5 Å². The molecule has 0 aromatic carbocycles. The van der Waals surface area contributed by atoms with Crippen molar-refractivity contribution >= 4 is 27.5 Å². The lowest BCUT2D eigenvalue weighted by molar-refractivity contribution is 0.579. The van der Waals surface area contributed by atoms with E-state index in [4.69, 9.17) is 5.73 Å². The third-order valence-electron chi connectivity index (χ3n) is 3.56. The first-order chi connectivity index (χ1) is 8.69. The van der Waals surface area contributed by atoms with E-state index in [1.54, 1.807) is 0 Å². The van der Waals surface area contributed by atoms with Crippen LogP contribution < -0.4 is 10.6 Å². The van der Waals surface area contributed by atoms with E-state index in [0.29, 0.717) is 12.0 Å². The number of aromatic nitrogens is 3. The number of anilines is 1. The zero-order valence-corrected chi connectivity index (χ0v) is 11.8. The number of fused-ring (bicyclic) bond motifs is 1. The van der Waals surface area contributed by atoms with Gasteiger partial charge in [0.05, 0.1) is 4.47 Å². The second-order valence-corrected chi connectivity index (χ2v) is 5.73. The van der Waals surface area contributed by atoms with Crippen LogP contribution in [0.15, 0.2) is 22.8 Å². The summed E-state index contributed by atoms with van der Waals surface area (Å²) in [5.41, 5.74) is 6.61. The van der Waals surface area contributed by atoms with Gasteiger partial charge in [-0.25, -0.2) is 4.52 Å². The number of halogens is 1. The summed E-state index contributed by atoms with van der Waals surface area (Å²) in [6.45, 7) is 3.89. The van der Waals surface area contributed by atoms with Crippen molar-refractivity contribution in [2.45, 2.75) is 19.4 Å². The highest BCUT2D eigenvalue weighted by Crippen LogP contribution is 2.27. The van der Waals surface area contributed by atoms with Gasteiger partial charge in [-0.1, -0.05) is 0 Å². The van der Waals surface area contributed by atoms with Gasteiger partial charge in [0, 0.05) is 18.8 Å². The maximum absolute atomic E-state index is 5.76. The molecular weight excluding hydrogens is 294 g/mol. The molecule has 3 rings (SSSR count). The lowest BCUT2D eigenvalue weighted by Gasteiger charge is -2.18. The van der Waals surface area contributed by atoms with Crippen LogP contribution in [0.25, 0.3) is 5.65 Å². The fourth-order valence-electron chi connectivity index (χ4n) is 2.58. The molecule has 2 aromatic rings. The first kappa shape index (κ1) is 11.9. The maximum Gasteiger partial charge on any atom is 0.245 e. The molecule has 3 heterocycles. The van der Waals surface area contributed by atoms with Gasteiger partial charge in [-0.3, -0.25) is 0 Å². The molecule has 2 aromatic heterocycles. The van der Waals surface area contributed by atoms with Crippen molar-refractivity contribution in [3.05, 3.63) is 22.8 Å². The Hall–Kier alpha value is -1.14. The van der Waals surface area contributed by atoms with E-state index in [1.165, 1.54) is 0 Å². The van der Waals surface area contributed by atoms with Gasteiger partial charge in [0.1, 0.15) is 0 Å². The van der Waals surface area contributed by atoms with Gasteiger partial charge in [-0.05, 0) is 53.9 Å². The molecule has 0 amide bonds. The summed E-state index contributed by atoms with van der Waals surface area (Å²) in [6.07, 6.45) is 3.03. The van der Waals surface area contributed by atoms with Crippen molar-refractivity contribution in [3.63, 3.8) is 0 Å². The molecule has 1 saturated heterocycles. The summed E-state index contributed by atoms with van der Waals surface area (Å²) in [7, 11) is 0. The van der Waals surface area contributed by atoms with Gasteiger partial charge in [-0.15, -0.1) is 5.10 Å². The Kier molecular flexibility index (Phi) is 2.99. The second kappa shape index (κ2) is 4.51. The minimum absolute atomic E-state index is 0.453. The van der Waals surface area contributed by atoms with E-state index in [-0.39, 0.29) is 0 Å². The van der Waals surface area contributed by atoms with E-state index >= 15 is 0 Å². The summed E-state index contributed by atoms with van der Waals surface area (Å²) in [6, 6.07) is 4.38. The number of nitrogens with zero attached hydrogens (tertiary/aromatic N) is 4. The molecule has 0 aliphatic carbocycles. The van der Waals surface area contributed by atoms with Crippen LogP contribution in [0.3, 0.4) is 0 Å². The van der Waals surface area contributed by atoms with Crippen molar-refractivity contribution in [1.82, 2.24) is 14.6 Å². The molecule has 2 unspecified atom stereocenters. The fraction of sp³-hybridized carbons (Fsp3) is 0.500. The van der Waals surface area contributed by atoms with Crippen LogP contribution in [0.5, 0.6) is 0 Å². The Morgan fingerprint density at radius 3 is 3.06 bits per heavy atom. The normalized spacial score (nSPS) is 24.1. The third kappa shape index (κ3) is 1.89. The molecule has 1 fully saturated rings. The summed E-state index contributed by atoms with van der Waals surface area (Å²) in [5, 5.41) is 4.54. The molecule has 0 spiro atoms. The third-order valence-corrected chi connectivity index (χ3v) is 4.17. The molecule has 1 aliphatic rings. The summed E-state index contributed by atoms with van der Waals surface area (Å²) in [5.74, 6) is 1.35. The maximum atomic E-state index is 5.76. The second-order valence-electron chi connectivity index (χ2n) is 4.87. The zero-order chi connectivity index (χ0) is 12.7. The summed E-state index contributed by atoms with van der Waals surface area (Å²) < 4.78 is 2.77. The molecule has 6 heteroatoms. The molecule has 2 atom stereocenters. The fourth-order valence-corrected chi connectivity index (χ4v) is 3.00.